The van der Waals surface area contributed by atoms with Crippen molar-refractivity contribution in [2.24, 2.45) is 5.41 Å². The molecule has 20 heavy (non-hydrogen) atoms. The van der Waals surface area contributed by atoms with Crippen molar-refractivity contribution in [2.75, 3.05) is 0 Å². The molecule has 0 saturated heterocycles. The molecule has 0 atom stereocenters. The molecule has 2 heteroatoms. The number of carbonyl (C=O) groups excluding carboxylic acids is 2. The maximum absolute atomic E-state index is 11.8. The van der Waals surface area contributed by atoms with Gasteiger partial charge in [0.1, 0.15) is 0 Å². The van der Waals surface area contributed by atoms with Gasteiger partial charge in [0.05, 0.1) is 0 Å². The van der Waals surface area contributed by atoms with Crippen molar-refractivity contribution < 1.29 is 9.59 Å². The predicted octanol–water partition coefficient (Wildman–Crippen LogP) is 4.31. The second-order valence-corrected chi connectivity index (χ2v) is 5.77. The number of hydrogen-bond donors (Lipinski definition) is 0. The first-order valence-corrected chi connectivity index (χ1v) is 6.86. The van der Waals surface area contributed by atoms with Crippen LogP contribution in [0.3, 0.4) is 0 Å². The monoisotopic (exact) mass is 270 g/mol. The van der Waals surface area contributed by atoms with E-state index in [-0.39, 0.29) is 17.0 Å². The Hall–Kier alpha value is -1.96. The molecule has 0 aliphatic rings. The summed E-state index contributed by atoms with van der Waals surface area (Å²) in [4.78, 5) is 23.0. The van der Waals surface area contributed by atoms with E-state index in [0.717, 1.165) is 11.1 Å². The van der Waals surface area contributed by atoms with Crippen LogP contribution >= 0.6 is 0 Å². The molecule has 0 amide bonds. The second kappa shape index (κ2) is 6.99. The average molecular weight is 270 g/mol. The van der Waals surface area contributed by atoms with Gasteiger partial charge in [0.25, 0.3) is 0 Å². The Labute approximate surface area is 121 Å². The van der Waals surface area contributed by atoms with Crippen molar-refractivity contribution in [3.05, 3.63) is 47.5 Å². The Kier molecular flexibility index (Phi) is 5.63. The highest BCUT2D eigenvalue weighted by Crippen LogP contribution is 2.16. The van der Waals surface area contributed by atoms with Gasteiger partial charge in [0.2, 0.25) is 0 Å². The minimum Gasteiger partial charge on any atom is -0.295 e. The largest absolute Gasteiger partial charge is 0.295 e. The quantitative estimate of drug-likeness (QED) is 0.747. The van der Waals surface area contributed by atoms with Gasteiger partial charge < -0.3 is 0 Å². The van der Waals surface area contributed by atoms with Crippen LogP contribution in [0.25, 0.3) is 12.2 Å². The second-order valence-electron chi connectivity index (χ2n) is 5.77. The Balaban J connectivity index is 2.73. The van der Waals surface area contributed by atoms with Gasteiger partial charge in [-0.25, -0.2) is 0 Å². The molecule has 1 rings (SSSR count). The lowest BCUT2D eigenvalue weighted by atomic mass is 9.90. The molecule has 0 saturated carbocycles. The maximum atomic E-state index is 11.8. The van der Waals surface area contributed by atoms with E-state index in [1.54, 1.807) is 18.2 Å². The number of benzene rings is 1. The summed E-state index contributed by atoms with van der Waals surface area (Å²) in [7, 11) is 0. The molecule has 1 aromatic carbocycles. The normalized spacial score (nSPS) is 12.2. The van der Waals surface area contributed by atoms with Crippen molar-refractivity contribution in [3.8, 4) is 0 Å². The fourth-order valence-corrected chi connectivity index (χ4v) is 1.45. The van der Waals surface area contributed by atoms with E-state index in [0.29, 0.717) is 6.42 Å². The summed E-state index contributed by atoms with van der Waals surface area (Å²) in [5.41, 5.74) is 1.60. The Bertz CT molecular complexity index is 526. The van der Waals surface area contributed by atoms with Crippen molar-refractivity contribution in [2.45, 2.75) is 34.1 Å². The van der Waals surface area contributed by atoms with Crippen molar-refractivity contribution in [1.29, 1.82) is 0 Å². The van der Waals surface area contributed by atoms with E-state index in [1.165, 1.54) is 0 Å². The summed E-state index contributed by atoms with van der Waals surface area (Å²) in [6, 6.07) is 7.73. The van der Waals surface area contributed by atoms with Crippen LogP contribution in [0.15, 0.2) is 36.4 Å². The Morgan fingerprint density at radius 3 is 1.80 bits per heavy atom. The molecular weight excluding hydrogens is 248 g/mol. The molecular formula is C18H22O2. The van der Waals surface area contributed by atoms with Crippen LogP contribution in [0.5, 0.6) is 0 Å². The number of rotatable bonds is 5. The molecule has 0 N–H and O–H groups in total. The highest BCUT2D eigenvalue weighted by Gasteiger charge is 2.17. The molecule has 0 fully saturated rings. The summed E-state index contributed by atoms with van der Waals surface area (Å²) in [5.74, 6) is 0.222. The van der Waals surface area contributed by atoms with Crippen LogP contribution in [-0.4, -0.2) is 11.6 Å². The van der Waals surface area contributed by atoms with E-state index in [9.17, 15) is 9.59 Å². The van der Waals surface area contributed by atoms with Gasteiger partial charge in [-0.1, -0.05) is 64.1 Å². The standard InChI is InChI=1S/C18H22O2/c1-5-16(19)12-10-14-6-8-15(9-7-14)11-13-17(20)18(2,3)4/h6-13H,5H2,1-4H3/b12-10+,13-11+. The fraction of sp³-hybridized carbons (Fsp3) is 0.333. The zero-order valence-corrected chi connectivity index (χ0v) is 12.6. The molecule has 0 aromatic heterocycles. The van der Waals surface area contributed by atoms with E-state index < -0.39 is 0 Å². The van der Waals surface area contributed by atoms with Gasteiger partial charge in [0.15, 0.2) is 11.6 Å². The SMILES string of the molecule is CCC(=O)/C=C/c1ccc(/C=C/C(=O)C(C)(C)C)cc1. The summed E-state index contributed by atoms with van der Waals surface area (Å²) < 4.78 is 0. The number of allylic oxidation sites excluding steroid dienone is 2. The smallest absolute Gasteiger partial charge is 0.161 e. The topological polar surface area (TPSA) is 34.1 Å². The third-order valence-electron chi connectivity index (χ3n) is 2.91. The van der Waals surface area contributed by atoms with Gasteiger partial charge >= 0.3 is 0 Å². The van der Waals surface area contributed by atoms with Gasteiger partial charge in [-0.2, -0.15) is 0 Å². The molecule has 106 valence electrons. The fourth-order valence-electron chi connectivity index (χ4n) is 1.45. The zero-order chi connectivity index (χ0) is 15.2. The molecule has 0 heterocycles. The molecule has 0 unspecified atom stereocenters. The highest BCUT2D eigenvalue weighted by atomic mass is 16.1. The van der Waals surface area contributed by atoms with Crippen LogP contribution in [0.2, 0.25) is 0 Å². The lowest BCUT2D eigenvalue weighted by Crippen LogP contribution is -2.17. The van der Waals surface area contributed by atoms with Crippen LogP contribution < -0.4 is 0 Å². The molecule has 0 aliphatic heterocycles. The predicted molar refractivity (Wildman–Crippen MR) is 84.3 cm³/mol. The maximum Gasteiger partial charge on any atom is 0.161 e. The average Bonchev–Trinajstić information content (AvgIpc) is 2.42. The van der Waals surface area contributed by atoms with Crippen molar-refractivity contribution in [1.82, 2.24) is 0 Å². The van der Waals surface area contributed by atoms with Crippen molar-refractivity contribution >= 4 is 23.7 Å². The lowest BCUT2D eigenvalue weighted by Gasteiger charge is -2.12. The minimum atomic E-state index is -0.348. The Morgan fingerprint density at radius 2 is 1.40 bits per heavy atom. The summed E-state index contributed by atoms with van der Waals surface area (Å²) >= 11 is 0. The number of carbonyl (C=O) groups is 2. The molecule has 1 aromatic rings. The van der Waals surface area contributed by atoms with Gasteiger partial charge in [-0.05, 0) is 23.3 Å². The van der Waals surface area contributed by atoms with E-state index >= 15 is 0 Å². The van der Waals surface area contributed by atoms with Gasteiger partial charge in [0, 0.05) is 11.8 Å². The van der Waals surface area contributed by atoms with Crippen LogP contribution in [0.1, 0.15) is 45.2 Å². The highest BCUT2D eigenvalue weighted by molar-refractivity contribution is 5.97. The first kappa shape index (κ1) is 16.1. The molecule has 0 spiro atoms. The van der Waals surface area contributed by atoms with E-state index in [4.69, 9.17) is 0 Å². The third-order valence-corrected chi connectivity index (χ3v) is 2.91. The number of ketones is 2. The van der Waals surface area contributed by atoms with E-state index in [2.05, 4.69) is 0 Å². The van der Waals surface area contributed by atoms with Crippen LogP contribution in [-0.2, 0) is 9.59 Å². The van der Waals surface area contributed by atoms with Gasteiger partial charge in [-0.15, -0.1) is 0 Å². The Morgan fingerprint density at radius 1 is 0.950 bits per heavy atom. The molecule has 0 radical (unpaired) electrons. The molecule has 2 nitrogen and oxygen atoms in total. The van der Waals surface area contributed by atoms with E-state index in [1.807, 2.05) is 58.0 Å². The summed E-state index contributed by atoms with van der Waals surface area (Å²) in [6.07, 6.45) is 7.35. The third kappa shape index (κ3) is 5.35. The first-order chi connectivity index (χ1) is 9.32. The van der Waals surface area contributed by atoms with Gasteiger partial charge in [-0.3, -0.25) is 9.59 Å². The summed E-state index contributed by atoms with van der Waals surface area (Å²) in [5, 5.41) is 0. The van der Waals surface area contributed by atoms with Crippen molar-refractivity contribution in [3.63, 3.8) is 0 Å². The minimum absolute atomic E-state index is 0.106. The number of hydrogen-bond acceptors (Lipinski definition) is 2. The lowest BCUT2D eigenvalue weighted by molar-refractivity contribution is -0.121. The van der Waals surface area contributed by atoms with Crippen LogP contribution in [0, 0.1) is 5.41 Å². The zero-order valence-electron chi connectivity index (χ0n) is 12.6. The molecule has 0 bridgehead atoms. The van der Waals surface area contributed by atoms with Crippen LogP contribution in [0.4, 0.5) is 0 Å². The first-order valence-electron chi connectivity index (χ1n) is 6.86. The summed E-state index contributed by atoms with van der Waals surface area (Å²) in [6.45, 7) is 7.54. The molecule has 0 aliphatic carbocycles.